The van der Waals surface area contributed by atoms with Crippen LogP contribution in [0, 0.1) is 13.8 Å². The van der Waals surface area contributed by atoms with Crippen LogP contribution in [0.5, 0.6) is 0 Å². The van der Waals surface area contributed by atoms with E-state index in [1.807, 2.05) is 6.92 Å². The molecule has 0 amide bonds. The van der Waals surface area contributed by atoms with Gasteiger partial charge in [0.15, 0.2) is 0 Å². The number of hydrogen-bond acceptors (Lipinski definition) is 4. The molecule has 0 spiro atoms. The third kappa shape index (κ3) is 4.04. The summed E-state index contributed by atoms with van der Waals surface area (Å²) >= 11 is 0. The summed E-state index contributed by atoms with van der Waals surface area (Å²) in [4.78, 5) is 0.141. The van der Waals surface area contributed by atoms with Gasteiger partial charge in [0.2, 0.25) is 10.0 Å². The van der Waals surface area contributed by atoms with Crippen LogP contribution in [0.15, 0.2) is 17.0 Å². The first-order chi connectivity index (χ1) is 9.16. The van der Waals surface area contributed by atoms with E-state index in [2.05, 4.69) is 4.72 Å². The second-order valence-electron chi connectivity index (χ2n) is 4.94. The van der Waals surface area contributed by atoms with Gasteiger partial charge in [-0.1, -0.05) is 19.1 Å². The van der Waals surface area contributed by atoms with E-state index in [0.29, 0.717) is 12.0 Å². The predicted octanol–water partition coefficient (Wildman–Crippen LogP) is 1.32. The average Bonchev–Trinajstić information content (AvgIpc) is 2.33. The molecule has 0 radical (unpaired) electrons. The maximum atomic E-state index is 12.3. The van der Waals surface area contributed by atoms with Gasteiger partial charge in [0.25, 0.3) is 0 Å². The molecule has 0 aromatic heterocycles. The highest BCUT2D eigenvalue weighted by Crippen LogP contribution is 2.25. The molecule has 1 aromatic carbocycles. The van der Waals surface area contributed by atoms with Gasteiger partial charge in [-0.3, -0.25) is 4.21 Å². The van der Waals surface area contributed by atoms with Crippen molar-refractivity contribution in [1.29, 1.82) is 0 Å². The molecule has 114 valence electrons. The Balaban J connectivity index is 2.90. The van der Waals surface area contributed by atoms with Crippen molar-refractivity contribution in [2.45, 2.75) is 37.3 Å². The van der Waals surface area contributed by atoms with Crippen molar-refractivity contribution in [2.75, 3.05) is 18.5 Å². The minimum absolute atomic E-state index is 0.0475. The van der Waals surface area contributed by atoms with Crippen molar-refractivity contribution in [3.8, 4) is 0 Å². The quantitative estimate of drug-likeness (QED) is 0.774. The third-order valence-corrected chi connectivity index (χ3v) is 6.32. The molecule has 3 N–H and O–H groups in total. The molecule has 0 fully saturated rings. The number of nitrogens with one attached hydrogen (secondary N) is 1. The Morgan fingerprint density at radius 2 is 1.85 bits per heavy atom. The first-order valence-corrected chi connectivity index (χ1v) is 9.45. The van der Waals surface area contributed by atoms with Gasteiger partial charge in [-0.15, -0.1) is 0 Å². The van der Waals surface area contributed by atoms with Gasteiger partial charge in [-0.2, -0.15) is 0 Å². The van der Waals surface area contributed by atoms with Gasteiger partial charge in [0, 0.05) is 28.9 Å². The Bertz CT molecular complexity index is 612. The smallest absolute Gasteiger partial charge is 0.242 e. The molecule has 0 bridgehead atoms. The highest BCUT2D eigenvalue weighted by Gasteiger charge is 2.21. The monoisotopic (exact) mass is 318 g/mol. The molecule has 7 heteroatoms. The lowest BCUT2D eigenvalue weighted by molar-refractivity contribution is 0.577. The molecule has 0 saturated carbocycles. The van der Waals surface area contributed by atoms with Crippen molar-refractivity contribution in [1.82, 2.24) is 4.72 Å². The molecular formula is C13H22N2O3S2. The summed E-state index contributed by atoms with van der Waals surface area (Å²) in [6.45, 7) is 5.57. The molecular weight excluding hydrogens is 296 g/mol. The number of aryl methyl sites for hydroxylation is 2. The highest BCUT2D eigenvalue weighted by molar-refractivity contribution is 7.89. The lowest BCUT2D eigenvalue weighted by Gasteiger charge is -2.14. The molecule has 0 aliphatic rings. The van der Waals surface area contributed by atoms with Crippen molar-refractivity contribution < 1.29 is 12.6 Å². The zero-order valence-electron chi connectivity index (χ0n) is 12.3. The highest BCUT2D eigenvalue weighted by atomic mass is 32.2. The van der Waals surface area contributed by atoms with Crippen molar-refractivity contribution in [3.05, 3.63) is 23.3 Å². The summed E-state index contributed by atoms with van der Waals surface area (Å²) in [7, 11) is -4.59. The van der Waals surface area contributed by atoms with E-state index in [0.717, 1.165) is 5.56 Å². The van der Waals surface area contributed by atoms with E-state index in [1.165, 1.54) is 0 Å². The fourth-order valence-corrected chi connectivity index (χ4v) is 3.72. The molecule has 5 nitrogen and oxygen atoms in total. The van der Waals surface area contributed by atoms with Crippen LogP contribution < -0.4 is 10.5 Å². The number of nitrogen functional groups attached to an aromatic ring is 1. The third-order valence-electron chi connectivity index (χ3n) is 3.29. The summed E-state index contributed by atoms with van der Waals surface area (Å²) in [6.07, 6.45) is 2.13. The maximum absolute atomic E-state index is 12.3. The van der Waals surface area contributed by atoms with E-state index in [4.69, 9.17) is 5.73 Å². The molecule has 2 atom stereocenters. The molecule has 0 aliphatic carbocycles. The molecule has 1 aromatic rings. The number of hydrogen-bond donors (Lipinski definition) is 2. The largest absolute Gasteiger partial charge is 0.397 e. The van der Waals surface area contributed by atoms with E-state index in [-0.39, 0.29) is 22.4 Å². The Hall–Kier alpha value is -0.920. The molecule has 0 heterocycles. The van der Waals surface area contributed by atoms with Crippen molar-refractivity contribution in [3.63, 3.8) is 0 Å². The van der Waals surface area contributed by atoms with Crippen LogP contribution in [0.2, 0.25) is 0 Å². The normalized spacial score (nSPS) is 15.0. The van der Waals surface area contributed by atoms with Crippen LogP contribution in [0.1, 0.15) is 24.5 Å². The van der Waals surface area contributed by atoms with E-state index in [9.17, 15) is 12.6 Å². The maximum Gasteiger partial charge on any atom is 0.242 e. The second kappa shape index (κ2) is 6.69. The fourth-order valence-electron chi connectivity index (χ4n) is 1.80. The molecule has 2 unspecified atom stereocenters. The minimum atomic E-state index is -3.64. The van der Waals surface area contributed by atoms with Crippen LogP contribution >= 0.6 is 0 Å². The van der Waals surface area contributed by atoms with Crippen molar-refractivity contribution in [2.24, 2.45) is 0 Å². The molecule has 0 aliphatic heterocycles. The number of anilines is 1. The molecule has 1 rings (SSSR count). The summed E-state index contributed by atoms with van der Waals surface area (Å²) in [5, 5.41) is -0.0475. The van der Waals surface area contributed by atoms with Gasteiger partial charge in [0.05, 0.1) is 5.69 Å². The SMILES string of the molecule is Cc1ccc(C)c(S(=O)(=O)NCCC(C)S(C)=O)c1N. The Labute approximate surface area is 123 Å². The number of sulfonamides is 1. The van der Waals surface area contributed by atoms with Gasteiger partial charge in [0.1, 0.15) is 4.90 Å². The minimum Gasteiger partial charge on any atom is -0.397 e. The Morgan fingerprint density at radius 3 is 2.40 bits per heavy atom. The van der Waals surface area contributed by atoms with Gasteiger partial charge < -0.3 is 5.73 Å². The van der Waals surface area contributed by atoms with Gasteiger partial charge >= 0.3 is 0 Å². The lowest BCUT2D eigenvalue weighted by atomic mass is 10.1. The van der Waals surface area contributed by atoms with Crippen molar-refractivity contribution >= 4 is 26.5 Å². The Kier molecular flexibility index (Phi) is 5.73. The average molecular weight is 318 g/mol. The molecule has 0 saturated heterocycles. The standard InChI is InChI=1S/C13H22N2O3S2/c1-9-5-6-10(2)13(12(9)14)20(17,18)15-8-7-11(3)19(4)16/h5-6,11,15H,7-8,14H2,1-4H3. The summed E-state index contributed by atoms with van der Waals surface area (Å²) in [5.74, 6) is 0. The number of rotatable bonds is 6. The van der Waals surface area contributed by atoms with Crippen LogP contribution in [0.25, 0.3) is 0 Å². The summed E-state index contributed by atoms with van der Waals surface area (Å²) in [5.41, 5.74) is 7.52. The lowest BCUT2D eigenvalue weighted by Crippen LogP contribution is -2.29. The first-order valence-electron chi connectivity index (χ1n) is 6.34. The van der Waals surface area contributed by atoms with Gasteiger partial charge in [-0.05, 0) is 31.4 Å². The van der Waals surface area contributed by atoms with E-state index < -0.39 is 20.8 Å². The summed E-state index contributed by atoms with van der Waals surface area (Å²) in [6, 6.07) is 3.54. The Morgan fingerprint density at radius 1 is 1.30 bits per heavy atom. The van der Waals surface area contributed by atoms with Gasteiger partial charge in [-0.25, -0.2) is 13.1 Å². The van der Waals surface area contributed by atoms with Crippen LogP contribution in [-0.4, -0.2) is 30.7 Å². The number of benzene rings is 1. The van der Waals surface area contributed by atoms with Crippen LogP contribution in [0.4, 0.5) is 5.69 Å². The topological polar surface area (TPSA) is 89.3 Å². The van der Waals surface area contributed by atoms with E-state index in [1.54, 1.807) is 32.2 Å². The fraction of sp³-hybridized carbons (Fsp3) is 0.538. The van der Waals surface area contributed by atoms with Crippen LogP contribution in [0.3, 0.4) is 0 Å². The van der Waals surface area contributed by atoms with Crippen LogP contribution in [-0.2, 0) is 20.8 Å². The zero-order valence-corrected chi connectivity index (χ0v) is 13.9. The van der Waals surface area contributed by atoms with E-state index >= 15 is 0 Å². The zero-order chi connectivity index (χ0) is 15.5. The molecule has 20 heavy (non-hydrogen) atoms. The first kappa shape index (κ1) is 17.1. The summed E-state index contributed by atoms with van der Waals surface area (Å²) < 4.78 is 38.4. The predicted molar refractivity (Wildman–Crippen MR) is 83.7 cm³/mol. The second-order valence-corrected chi connectivity index (χ2v) is 8.44. The number of nitrogens with two attached hydrogens (primary N) is 1.